The summed E-state index contributed by atoms with van der Waals surface area (Å²) in [5.41, 5.74) is 1.77. The van der Waals surface area contributed by atoms with Gasteiger partial charge in [0.25, 0.3) is 0 Å². The van der Waals surface area contributed by atoms with Crippen LogP contribution < -0.4 is 0 Å². The molecule has 1 N–H and O–H groups in total. The first-order chi connectivity index (χ1) is 7.14. The summed E-state index contributed by atoms with van der Waals surface area (Å²) in [4.78, 5) is 0. The maximum atomic E-state index is 10.8. The van der Waals surface area contributed by atoms with Crippen molar-refractivity contribution in [3.63, 3.8) is 0 Å². The molecule has 0 amide bonds. The number of aryl methyl sites for hydroxylation is 1. The maximum absolute atomic E-state index is 10.8. The van der Waals surface area contributed by atoms with E-state index in [4.69, 9.17) is 0 Å². The third-order valence-corrected chi connectivity index (χ3v) is 3.87. The van der Waals surface area contributed by atoms with Crippen molar-refractivity contribution < 1.29 is 5.11 Å². The summed E-state index contributed by atoms with van der Waals surface area (Å²) < 4.78 is 0. The second kappa shape index (κ2) is 3.97. The van der Waals surface area contributed by atoms with Gasteiger partial charge in [-0.2, -0.15) is 0 Å². The standard InChI is InChI=1S/C14H20O/c1-11-7-3-4-9-13(11)14(15)10-6-5-8-12(14)2/h3-4,7,9,12,15H,5-6,8,10H2,1-2H3/t12-,14-/m1/s1. The van der Waals surface area contributed by atoms with Crippen molar-refractivity contribution in [1.82, 2.24) is 0 Å². The monoisotopic (exact) mass is 204 g/mol. The summed E-state index contributed by atoms with van der Waals surface area (Å²) in [7, 11) is 0. The molecule has 1 saturated carbocycles. The van der Waals surface area contributed by atoms with E-state index in [1.165, 1.54) is 12.0 Å². The Kier molecular flexibility index (Phi) is 2.83. The Hall–Kier alpha value is -0.820. The zero-order chi connectivity index (χ0) is 10.9. The second-order valence-corrected chi connectivity index (χ2v) is 4.89. The van der Waals surface area contributed by atoms with Crippen molar-refractivity contribution in [2.45, 2.75) is 45.1 Å². The van der Waals surface area contributed by atoms with E-state index in [1.54, 1.807) is 0 Å². The van der Waals surface area contributed by atoms with Crippen LogP contribution >= 0.6 is 0 Å². The van der Waals surface area contributed by atoms with Crippen molar-refractivity contribution in [3.8, 4) is 0 Å². The molecule has 0 aliphatic heterocycles. The van der Waals surface area contributed by atoms with Crippen LogP contribution in [-0.4, -0.2) is 5.11 Å². The first-order valence-electron chi connectivity index (χ1n) is 5.93. The molecule has 0 saturated heterocycles. The molecule has 15 heavy (non-hydrogen) atoms. The fourth-order valence-corrected chi connectivity index (χ4v) is 2.79. The van der Waals surface area contributed by atoms with Gasteiger partial charge < -0.3 is 5.11 Å². The Bertz CT molecular complexity index is 345. The van der Waals surface area contributed by atoms with Gasteiger partial charge in [0.1, 0.15) is 0 Å². The maximum Gasteiger partial charge on any atom is 0.0924 e. The van der Waals surface area contributed by atoms with E-state index in [-0.39, 0.29) is 0 Å². The fourth-order valence-electron chi connectivity index (χ4n) is 2.79. The lowest BCUT2D eigenvalue weighted by atomic mass is 9.71. The van der Waals surface area contributed by atoms with E-state index < -0.39 is 5.60 Å². The van der Waals surface area contributed by atoms with Gasteiger partial charge in [-0.05, 0) is 36.8 Å². The van der Waals surface area contributed by atoms with Gasteiger partial charge >= 0.3 is 0 Å². The highest BCUT2D eigenvalue weighted by atomic mass is 16.3. The molecule has 2 rings (SSSR count). The van der Waals surface area contributed by atoms with E-state index in [2.05, 4.69) is 26.0 Å². The van der Waals surface area contributed by atoms with Crippen LogP contribution in [0, 0.1) is 12.8 Å². The van der Waals surface area contributed by atoms with Gasteiger partial charge in [0.05, 0.1) is 5.60 Å². The molecule has 0 aromatic heterocycles. The predicted octanol–water partition coefficient (Wildman–Crippen LogP) is 3.39. The van der Waals surface area contributed by atoms with Gasteiger partial charge in [0, 0.05) is 0 Å². The topological polar surface area (TPSA) is 20.2 Å². The molecule has 1 nitrogen and oxygen atoms in total. The molecule has 0 spiro atoms. The Morgan fingerprint density at radius 2 is 2.00 bits per heavy atom. The third kappa shape index (κ3) is 1.81. The first kappa shape index (κ1) is 10.7. The van der Waals surface area contributed by atoms with Gasteiger partial charge in [-0.15, -0.1) is 0 Å². The molecule has 82 valence electrons. The van der Waals surface area contributed by atoms with Crippen LogP contribution in [0.3, 0.4) is 0 Å². The summed E-state index contributed by atoms with van der Waals surface area (Å²) in [5, 5.41) is 10.8. The minimum atomic E-state index is -0.580. The fraction of sp³-hybridized carbons (Fsp3) is 0.571. The van der Waals surface area contributed by atoms with Gasteiger partial charge in [-0.25, -0.2) is 0 Å². The number of hydrogen-bond donors (Lipinski definition) is 1. The molecule has 2 atom stereocenters. The lowest BCUT2D eigenvalue weighted by molar-refractivity contribution is -0.0474. The number of aliphatic hydroxyl groups is 1. The minimum Gasteiger partial charge on any atom is -0.385 e. The van der Waals surface area contributed by atoms with E-state index in [0.717, 1.165) is 24.8 Å². The number of benzene rings is 1. The van der Waals surface area contributed by atoms with Gasteiger partial charge in [0.2, 0.25) is 0 Å². The van der Waals surface area contributed by atoms with Crippen molar-refractivity contribution in [1.29, 1.82) is 0 Å². The Morgan fingerprint density at radius 1 is 1.27 bits per heavy atom. The molecule has 1 aliphatic carbocycles. The van der Waals surface area contributed by atoms with Crippen molar-refractivity contribution in [2.75, 3.05) is 0 Å². The van der Waals surface area contributed by atoms with E-state index in [9.17, 15) is 5.11 Å². The van der Waals surface area contributed by atoms with Crippen LogP contribution in [0.1, 0.15) is 43.7 Å². The van der Waals surface area contributed by atoms with Crippen LogP contribution in [-0.2, 0) is 5.60 Å². The zero-order valence-electron chi connectivity index (χ0n) is 9.66. The minimum absolute atomic E-state index is 0.382. The Labute approximate surface area is 92.1 Å². The molecular formula is C14H20O. The molecule has 1 aromatic rings. The smallest absolute Gasteiger partial charge is 0.0924 e. The molecule has 0 radical (unpaired) electrons. The highest BCUT2D eigenvalue weighted by molar-refractivity contribution is 5.32. The van der Waals surface area contributed by atoms with Crippen LogP contribution in [0.2, 0.25) is 0 Å². The molecule has 1 aromatic carbocycles. The Morgan fingerprint density at radius 3 is 2.67 bits per heavy atom. The lowest BCUT2D eigenvalue weighted by Gasteiger charge is -2.39. The zero-order valence-corrected chi connectivity index (χ0v) is 9.66. The van der Waals surface area contributed by atoms with Crippen molar-refractivity contribution >= 4 is 0 Å². The van der Waals surface area contributed by atoms with Crippen molar-refractivity contribution in [2.24, 2.45) is 5.92 Å². The molecule has 0 unspecified atom stereocenters. The molecule has 0 bridgehead atoms. The molecule has 1 heteroatoms. The van der Waals surface area contributed by atoms with Crippen LogP contribution in [0.4, 0.5) is 0 Å². The summed E-state index contributed by atoms with van der Waals surface area (Å²) in [6.07, 6.45) is 4.47. The predicted molar refractivity (Wildman–Crippen MR) is 62.7 cm³/mol. The van der Waals surface area contributed by atoms with Crippen LogP contribution in [0.15, 0.2) is 24.3 Å². The summed E-state index contributed by atoms with van der Waals surface area (Å²) in [5.74, 6) is 0.382. The normalized spacial score (nSPS) is 31.5. The third-order valence-electron chi connectivity index (χ3n) is 3.87. The molecule has 1 fully saturated rings. The van der Waals surface area contributed by atoms with Gasteiger partial charge in [0.15, 0.2) is 0 Å². The highest BCUT2D eigenvalue weighted by Crippen LogP contribution is 2.42. The van der Waals surface area contributed by atoms with Gasteiger partial charge in [-0.1, -0.05) is 44.0 Å². The SMILES string of the molecule is Cc1ccccc1[C@@]1(O)CCCC[C@H]1C. The highest BCUT2D eigenvalue weighted by Gasteiger charge is 2.38. The summed E-state index contributed by atoms with van der Waals surface area (Å²) in [6, 6.07) is 8.24. The van der Waals surface area contributed by atoms with Gasteiger partial charge in [-0.3, -0.25) is 0 Å². The first-order valence-corrected chi connectivity index (χ1v) is 5.93. The van der Waals surface area contributed by atoms with Crippen LogP contribution in [0.5, 0.6) is 0 Å². The van der Waals surface area contributed by atoms with E-state index in [0.29, 0.717) is 5.92 Å². The number of rotatable bonds is 1. The summed E-state index contributed by atoms with van der Waals surface area (Å²) in [6.45, 7) is 4.26. The summed E-state index contributed by atoms with van der Waals surface area (Å²) >= 11 is 0. The van der Waals surface area contributed by atoms with Crippen molar-refractivity contribution in [3.05, 3.63) is 35.4 Å². The van der Waals surface area contributed by atoms with E-state index in [1.807, 2.05) is 12.1 Å². The largest absolute Gasteiger partial charge is 0.385 e. The quantitative estimate of drug-likeness (QED) is 0.743. The Balaban J connectivity index is 2.39. The van der Waals surface area contributed by atoms with Crippen LogP contribution in [0.25, 0.3) is 0 Å². The lowest BCUT2D eigenvalue weighted by Crippen LogP contribution is -2.36. The average Bonchev–Trinajstić information content (AvgIpc) is 2.23. The average molecular weight is 204 g/mol. The molecule has 0 heterocycles. The van der Waals surface area contributed by atoms with E-state index >= 15 is 0 Å². The second-order valence-electron chi connectivity index (χ2n) is 4.89. The molecule has 1 aliphatic rings. The number of hydrogen-bond acceptors (Lipinski definition) is 1. The molecular weight excluding hydrogens is 184 g/mol.